The van der Waals surface area contributed by atoms with Crippen LogP contribution in [0.1, 0.15) is 25.0 Å². The Balaban J connectivity index is 1.94. The van der Waals surface area contributed by atoms with E-state index in [1.165, 1.54) is 12.1 Å². The van der Waals surface area contributed by atoms with Crippen molar-refractivity contribution in [1.29, 1.82) is 0 Å². The predicted molar refractivity (Wildman–Crippen MR) is 124 cm³/mol. The molecule has 13 heteroatoms. The highest BCUT2D eigenvalue weighted by atomic mass is 16.7. The fraction of sp³-hybridized carbons (Fsp3) is 0.667. The molecule has 0 unspecified atom stereocenters. The third-order valence-corrected chi connectivity index (χ3v) is 6.40. The van der Waals surface area contributed by atoms with Crippen molar-refractivity contribution in [3.63, 3.8) is 0 Å². The van der Waals surface area contributed by atoms with Crippen LogP contribution in [-0.2, 0) is 22.5 Å². The molecule has 37 heavy (non-hydrogen) atoms. The first kappa shape index (κ1) is 29.7. The van der Waals surface area contributed by atoms with E-state index < -0.39 is 81.2 Å². The molecular formula is C24H36O13. The number of rotatable bonds is 9. The van der Waals surface area contributed by atoms with Crippen molar-refractivity contribution in [3.05, 3.63) is 34.9 Å². The first-order chi connectivity index (χ1) is 17.5. The molecule has 0 saturated carbocycles. The summed E-state index contributed by atoms with van der Waals surface area (Å²) in [7, 11) is 0. The van der Waals surface area contributed by atoms with Gasteiger partial charge in [-0.15, -0.1) is 0 Å². The van der Waals surface area contributed by atoms with Gasteiger partial charge in [-0.2, -0.15) is 0 Å². The molecule has 210 valence electrons. The summed E-state index contributed by atoms with van der Waals surface area (Å²) in [4.78, 5) is 0. The second-order valence-electron chi connectivity index (χ2n) is 9.29. The zero-order valence-corrected chi connectivity index (χ0v) is 20.5. The summed E-state index contributed by atoms with van der Waals surface area (Å²) in [6.45, 7) is 1.86. The van der Waals surface area contributed by atoms with Crippen molar-refractivity contribution in [1.82, 2.24) is 0 Å². The maximum Gasteiger partial charge on any atom is 0.229 e. The topological polar surface area (TPSA) is 219 Å². The molecule has 2 aliphatic rings. The van der Waals surface area contributed by atoms with Crippen LogP contribution in [0, 0.1) is 0 Å². The van der Waals surface area contributed by atoms with Crippen molar-refractivity contribution < 1.29 is 64.9 Å². The third kappa shape index (κ3) is 6.41. The molecule has 13 nitrogen and oxygen atoms in total. The second kappa shape index (κ2) is 12.8. The van der Waals surface area contributed by atoms with Gasteiger partial charge in [0.25, 0.3) is 0 Å². The molecule has 0 radical (unpaired) electrons. The van der Waals surface area contributed by atoms with Crippen LogP contribution in [0.4, 0.5) is 0 Å². The predicted octanol–water partition coefficient (Wildman–Crippen LogP) is -2.95. The van der Waals surface area contributed by atoms with Crippen molar-refractivity contribution in [3.8, 4) is 11.5 Å². The van der Waals surface area contributed by atoms with E-state index in [2.05, 4.69) is 0 Å². The lowest BCUT2D eigenvalue weighted by atomic mass is 9.98. The first-order valence-corrected chi connectivity index (χ1v) is 11.9. The normalized spacial score (nSPS) is 36.2. The molecule has 1 aromatic rings. The number of allylic oxidation sites excluding steroid dienone is 2. The highest BCUT2D eigenvalue weighted by Gasteiger charge is 2.46. The number of aliphatic hydroxyl groups excluding tert-OH is 9. The Hall–Kier alpha value is -1.88. The molecule has 10 atom stereocenters. The van der Waals surface area contributed by atoms with Crippen molar-refractivity contribution >= 4 is 0 Å². The number of ether oxygens (including phenoxy) is 4. The number of hydrogen-bond donors (Lipinski definition) is 9. The molecule has 9 N–H and O–H groups in total. The van der Waals surface area contributed by atoms with Gasteiger partial charge in [0.1, 0.15) is 60.3 Å². The van der Waals surface area contributed by atoms with Gasteiger partial charge in [-0.1, -0.05) is 11.6 Å². The number of aliphatic hydroxyl groups is 9. The van der Waals surface area contributed by atoms with Crippen LogP contribution in [0.5, 0.6) is 11.5 Å². The molecule has 1 aromatic carbocycles. The van der Waals surface area contributed by atoms with Crippen LogP contribution in [0.3, 0.4) is 0 Å². The molecule has 0 aliphatic carbocycles. The lowest BCUT2D eigenvalue weighted by Gasteiger charge is -2.40. The van der Waals surface area contributed by atoms with E-state index in [0.717, 1.165) is 5.57 Å². The Morgan fingerprint density at radius 3 is 1.51 bits per heavy atom. The summed E-state index contributed by atoms with van der Waals surface area (Å²) < 4.78 is 22.4. The van der Waals surface area contributed by atoms with Gasteiger partial charge < -0.3 is 64.9 Å². The molecule has 0 amide bonds. The summed E-state index contributed by atoms with van der Waals surface area (Å²) >= 11 is 0. The van der Waals surface area contributed by atoms with Gasteiger partial charge in [-0.25, -0.2) is 0 Å². The Labute approximate surface area is 213 Å². The first-order valence-electron chi connectivity index (χ1n) is 11.9. The quantitative estimate of drug-likeness (QED) is 0.145. The molecule has 0 aromatic heterocycles. The largest absolute Gasteiger partial charge is 0.462 e. The Bertz CT molecular complexity index is 916. The Morgan fingerprint density at radius 1 is 0.703 bits per heavy atom. The Morgan fingerprint density at radius 2 is 1.14 bits per heavy atom. The molecule has 0 spiro atoms. The molecule has 3 rings (SSSR count). The van der Waals surface area contributed by atoms with E-state index >= 15 is 0 Å². The van der Waals surface area contributed by atoms with Gasteiger partial charge in [0, 0.05) is 11.1 Å². The van der Waals surface area contributed by atoms with Gasteiger partial charge in [-0.3, -0.25) is 0 Å². The van der Waals surface area contributed by atoms with Crippen LogP contribution < -0.4 is 9.47 Å². The average Bonchev–Trinajstić information content (AvgIpc) is 2.88. The molecule has 2 saturated heterocycles. The summed E-state index contributed by atoms with van der Waals surface area (Å²) in [5.74, 6) is 0.178. The van der Waals surface area contributed by atoms with E-state index in [1.54, 1.807) is 0 Å². The van der Waals surface area contributed by atoms with Gasteiger partial charge in [0.15, 0.2) is 0 Å². The zero-order chi connectivity index (χ0) is 27.4. The standard InChI is InChI=1S/C24H36O13/c1-10(2)3-4-11-12(7-25)14(35-24-22(33)20(31)18(29)16(9-27)37-24)6-5-13(11)34-23-21(32)19(30)17(28)15(8-26)36-23/h3,5-6,15-33H,4,7-9H2,1-2H3/t15-,16-,17-,18-,19+,20+,21-,22-,23-,24-/m1/s1. The summed E-state index contributed by atoms with van der Waals surface area (Å²) in [5, 5.41) is 90.0. The second-order valence-corrected chi connectivity index (χ2v) is 9.29. The minimum Gasteiger partial charge on any atom is -0.462 e. The lowest BCUT2D eigenvalue weighted by molar-refractivity contribution is -0.278. The zero-order valence-electron chi connectivity index (χ0n) is 20.5. The van der Waals surface area contributed by atoms with E-state index in [9.17, 15) is 46.0 Å². The fourth-order valence-electron chi connectivity index (χ4n) is 4.15. The smallest absolute Gasteiger partial charge is 0.229 e. The monoisotopic (exact) mass is 532 g/mol. The minimum absolute atomic E-state index is 0.0464. The third-order valence-electron chi connectivity index (χ3n) is 6.40. The molecular weight excluding hydrogens is 496 g/mol. The van der Waals surface area contributed by atoms with Crippen molar-refractivity contribution in [2.24, 2.45) is 0 Å². The minimum atomic E-state index is -1.67. The molecule has 2 aliphatic heterocycles. The van der Waals surface area contributed by atoms with Crippen LogP contribution in [0.25, 0.3) is 0 Å². The van der Waals surface area contributed by atoms with E-state index in [-0.39, 0.29) is 23.5 Å². The highest BCUT2D eigenvalue weighted by Crippen LogP contribution is 2.36. The maximum atomic E-state index is 10.4. The summed E-state index contributed by atoms with van der Waals surface area (Å²) in [5.41, 5.74) is 1.53. The lowest BCUT2D eigenvalue weighted by Crippen LogP contribution is -2.60. The Kier molecular flexibility index (Phi) is 10.2. The van der Waals surface area contributed by atoms with Gasteiger partial charge in [-0.05, 0) is 32.4 Å². The highest BCUT2D eigenvalue weighted by molar-refractivity contribution is 5.50. The fourth-order valence-corrected chi connectivity index (χ4v) is 4.15. The van der Waals surface area contributed by atoms with Gasteiger partial charge in [0.2, 0.25) is 12.6 Å². The van der Waals surface area contributed by atoms with E-state index in [1.807, 2.05) is 19.9 Å². The maximum absolute atomic E-state index is 10.4. The summed E-state index contributed by atoms with van der Waals surface area (Å²) in [6.07, 6.45) is -13.1. The molecule has 2 heterocycles. The van der Waals surface area contributed by atoms with Gasteiger partial charge in [0.05, 0.1) is 19.8 Å². The average molecular weight is 533 g/mol. The SMILES string of the molecule is CC(C)=CCc1c(O[C@@H]2O[C@H](CO)[C@@H](O)[C@H](O)[C@H]2O)ccc(O[C@@H]2O[C@H](CO)[C@@H](O)[C@H](O)[C@H]2O)c1CO. The van der Waals surface area contributed by atoms with Crippen molar-refractivity contribution in [2.45, 2.75) is 88.3 Å². The summed E-state index contributed by atoms with van der Waals surface area (Å²) in [6, 6.07) is 2.80. The molecule has 2 fully saturated rings. The van der Waals surface area contributed by atoms with Gasteiger partial charge >= 0.3 is 0 Å². The van der Waals surface area contributed by atoms with E-state index in [0.29, 0.717) is 5.56 Å². The van der Waals surface area contributed by atoms with Crippen LogP contribution in [0.15, 0.2) is 23.8 Å². The molecule has 0 bridgehead atoms. The van der Waals surface area contributed by atoms with E-state index in [4.69, 9.17) is 18.9 Å². The number of hydrogen-bond acceptors (Lipinski definition) is 13. The number of benzene rings is 1. The van der Waals surface area contributed by atoms with Crippen LogP contribution >= 0.6 is 0 Å². The van der Waals surface area contributed by atoms with Crippen LogP contribution in [-0.4, -0.2) is 121 Å². The van der Waals surface area contributed by atoms with Crippen LogP contribution in [0.2, 0.25) is 0 Å². The van der Waals surface area contributed by atoms with Crippen molar-refractivity contribution in [2.75, 3.05) is 13.2 Å².